The number of benzene rings is 3. The molecule has 1 atom stereocenters. The number of rotatable bonds is 4. The van der Waals surface area contributed by atoms with Gasteiger partial charge in [0.1, 0.15) is 11.3 Å². The third-order valence-electron chi connectivity index (χ3n) is 7.03. The number of carbonyl (C=O) groups excluding carboxylic acids is 2. The second kappa shape index (κ2) is 9.16. The molecule has 3 aromatic rings. The van der Waals surface area contributed by atoms with E-state index in [9.17, 15) is 14.9 Å². The van der Waals surface area contributed by atoms with Gasteiger partial charge >= 0.3 is 5.91 Å². The Balaban J connectivity index is 1.74. The molecule has 1 fully saturated rings. The summed E-state index contributed by atoms with van der Waals surface area (Å²) < 4.78 is 0.132. The number of aliphatic imine (C=N–C) groups is 1. The van der Waals surface area contributed by atoms with Gasteiger partial charge in [-0.15, -0.1) is 0 Å². The number of nitrogens with one attached hydrogen (secondary N) is 1. The zero-order valence-electron chi connectivity index (χ0n) is 19.2. The molecule has 7 heteroatoms. The van der Waals surface area contributed by atoms with Crippen LogP contribution in [0.2, 0.25) is 0 Å². The third kappa shape index (κ3) is 3.98. The first-order valence-electron chi connectivity index (χ1n) is 11.7. The summed E-state index contributed by atoms with van der Waals surface area (Å²) in [6.07, 6.45) is 0.324. The summed E-state index contributed by atoms with van der Waals surface area (Å²) in [5, 5.41) is 12.6. The number of anilines is 1. The predicted molar refractivity (Wildman–Crippen MR) is 136 cm³/mol. The maximum atomic E-state index is 13.8. The van der Waals surface area contributed by atoms with Gasteiger partial charge in [-0.3, -0.25) is 14.1 Å². The molecule has 1 saturated heterocycles. The van der Waals surface area contributed by atoms with Gasteiger partial charge in [0.25, 0.3) is 12.1 Å². The molecule has 3 N–H and O–H groups in total. The van der Waals surface area contributed by atoms with E-state index >= 15 is 0 Å². The Morgan fingerprint density at radius 1 is 0.971 bits per heavy atom. The van der Waals surface area contributed by atoms with Crippen LogP contribution in [0.1, 0.15) is 34.3 Å². The van der Waals surface area contributed by atoms with E-state index in [-0.39, 0.29) is 16.3 Å². The van der Waals surface area contributed by atoms with Crippen molar-refractivity contribution in [2.45, 2.75) is 19.0 Å². The first-order chi connectivity index (χ1) is 17.0. The van der Waals surface area contributed by atoms with Crippen LogP contribution in [-0.2, 0) is 4.79 Å². The van der Waals surface area contributed by atoms with E-state index in [4.69, 9.17) is 10.7 Å². The number of likely N-dealkylation sites (tertiary alicyclic amines) is 1. The van der Waals surface area contributed by atoms with Crippen LogP contribution in [0, 0.1) is 17.2 Å². The van der Waals surface area contributed by atoms with Crippen molar-refractivity contribution in [1.82, 2.24) is 4.48 Å². The van der Waals surface area contributed by atoms with Crippen molar-refractivity contribution >= 4 is 28.9 Å². The lowest BCUT2D eigenvalue weighted by atomic mass is 9.93. The molecular weight excluding hydrogens is 438 g/mol. The van der Waals surface area contributed by atoms with Gasteiger partial charge in [-0.1, -0.05) is 60.7 Å². The highest BCUT2D eigenvalue weighted by Gasteiger charge is 2.49. The molecule has 5 rings (SSSR count). The molecule has 3 aromatic carbocycles. The summed E-state index contributed by atoms with van der Waals surface area (Å²) in [6.45, 7) is 0.977. The fourth-order valence-corrected chi connectivity index (χ4v) is 5.25. The van der Waals surface area contributed by atoms with Gasteiger partial charge in [-0.05, 0) is 12.1 Å². The molecule has 2 amide bonds. The van der Waals surface area contributed by atoms with Gasteiger partial charge in [0, 0.05) is 30.0 Å². The van der Waals surface area contributed by atoms with Crippen molar-refractivity contribution in [3.05, 3.63) is 95.6 Å². The topological polar surface area (TPSA) is 108 Å². The standard InChI is InChI=1S/C28H25N5O2/c29-18-19-14-16-33(17-15-19,24-13-7-5-11-22(24)26(30)34)27-28(35)31-23-12-6-4-10-21(23)25(32-27)20-8-2-1-3-9-20/h1-13,19,27H,14-17H2,(H2-,30,31,32,34,35)/p+1. The van der Waals surface area contributed by atoms with Crippen LogP contribution in [-0.4, -0.2) is 36.8 Å². The molecule has 0 aromatic heterocycles. The molecule has 1 unspecified atom stereocenters. The van der Waals surface area contributed by atoms with Gasteiger partial charge in [0.2, 0.25) is 0 Å². The Labute approximate surface area is 204 Å². The zero-order valence-corrected chi connectivity index (χ0v) is 19.2. The van der Waals surface area contributed by atoms with Crippen LogP contribution in [0.25, 0.3) is 0 Å². The van der Waals surface area contributed by atoms with Gasteiger partial charge in [-0.25, -0.2) is 4.99 Å². The summed E-state index contributed by atoms with van der Waals surface area (Å²) in [4.78, 5) is 31.4. The van der Waals surface area contributed by atoms with Crippen molar-refractivity contribution in [2.24, 2.45) is 16.6 Å². The number of benzodiazepines with no additional fused rings is 1. The van der Waals surface area contributed by atoms with E-state index in [1.807, 2.05) is 66.7 Å². The molecule has 2 heterocycles. The number of carbonyl (C=O) groups is 2. The smallest absolute Gasteiger partial charge is 0.307 e. The highest BCUT2D eigenvalue weighted by Crippen LogP contribution is 2.38. The van der Waals surface area contributed by atoms with Crippen LogP contribution in [0.3, 0.4) is 0 Å². The fraction of sp³-hybridized carbons (Fsp3) is 0.214. The average molecular weight is 465 g/mol. The van der Waals surface area contributed by atoms with Crippen molar-refractivity contribution in [2.75, 3.05) is 18.4 Å². The second-order valence-electron chi connectivity index (χ2n) is 9.02. The zero-order chi connectivity index (χ0) is 24.4. The number of primary amides is 1. The summed E-state index contributed by atoms with van der Waals surface area (Å²) in [7, 11) is 0. The number of piperidine rings is 1. The van der Waals surface area contributed by atoms with Gasteiger partial charge in [0.15, 0.2) is 0 Å². The molecule has 35 heavy (non-hydrogen) atoms. The van der Waals surface area contributed by atoms with Crippen LogP contribution in [0.4, 0.5) is 11.4 Å². The molecule has 174 valence electrons. The first-order valence-corrected chi connectivity index (χ1v) is 11.7. The van der Waals surface area contributed by atoms with Crippen molar-refractivity contribution in [3.63, 3.8) is 0 Å². The molecular formula is C28H26N5O2+. The van der Waals surface area contributed by atoms with E-state index < -0.39 is 12.1 Å². The maximum absolute atomic E-state index is 13.8. The maximum Gasteiger partial charge on any atom is 0.307 e. The van der Waals surface area contributed by atoms with E-state index in [1.165, 1.54) is 0 Å². The monoisotopic (exact) mass is 464 g/mol. The normalized spacial score (nSPS) is 23.7. The molecule has 0 saturated carbocycles. The van der Waals surface area contributed by atoms with Gasteiger partial charge in [-0.2, -0.15) is 5.26 Å². The number of para-hydroxylation sites is 2. The van der Waals surface area contributed by atoms with Crippen LogP contribution < -0.4 is 15.5 Å². The fourth-order valence-electron chi connectivity index (χ4n) is 5.25. The number of quaternary nitrogens is 1. The lowest BCUT2D eigenvalue weighted by Gasteiger charge is -2.45. The van der Waals surface area contributed by atoms with Crippen LogP contribution in [0.15, 0.2) is 83.9 Å². The molecule has 0 spiro atoms. The van der Waals surface area contributed by atoms with Crippen LogP contribution >= 0.6 is 0 Å². The predicted octanol–water partition coefficient (Wildman–Crippen LogP) is 3.84. The van der Waals surface area contributed by atoms with Crippen molar-refractivity contribution in [1.29, 1.82) is 5.26 Å². The Morgan fingerprint density at radius 2 is 1.63 bits per heavy atom. The van der Waals surface area contributed by atoms with Crippen molar-refractivity contribution < 1.29 is 9.59 Å². The Bertz CT molecular complexity index is 1350. The summed E-state index contributed by atoms with van der Waals surface area (Å²) >= 11 is 0. The number of nitriles is 1. The summed E-state index contributed by atoms with van der Waals surface area (Å²) in [6, 6.07) is 27.0. The minimum absolute atomic E-state index is 0.106. The summed E-state index contributed by atoms with van der Waals surface area (Å²) in [5.74, 6) is -0.909. The number of amides is 2. The number of hydrogen-bond acceptors (Lipinski definition) is 4. The molecule has 7 nitrogen and oxygen atoms in total. The lowest BCUT2D eigenvalue weighted by Crippen LogP contribution is -2.64. The SMILES string of the molecule is N#CC1CC[N+](c2ccccc2C(N)=O)(C2N=C(c3ccccc3)c3ccccc3NC2=O)CC1. The minimum Gasteiger partial charge on any atom is -0.365 e. The second-order valence-corrected chi connectivity index (χ2v) is 9.02. The first kappa shape index (κ1) is 22.5. The molecule has 0 radical (unpaired) electrons. The number of hydrogen-bond donors (Lipinski definition) is 2. The largest absolute Gasteiger partial charge is 0.365 e. The molecule has 2 aliphatic heterocycles. The van der Waals surface area contributed by atoms with Gasteiger partial charge in [0.05, 0.1) is 36.5 Å². The quantitative estimate of drug-likeness (QED) is 0.573. The molecule has 0 aliphatic carbocycles. The van der Waals surface area contributed by atoms with E-state index in [0.29, 0.717) is 48.6 Å². The third-order valence-corrected chi connectivity index (χ3v) is 7.03. The molecule has 0 bridgehead atoms. The van der Waals surface area contributed by atoms with Crippen molar-refractivity contribution in [3.8, 4) is 6.07 Å². The van der Waals surface area contributed by atoms with Crippen LogP contribution in [0.5, 0.6) is 0 Å². The minimum atomic E-state index is -0.863. The Hall–Kier alpha value is -4.28. The van der Waals surface area contributed by atoms with E-state index in [0.717, 1.165) is 11.1 Å². The van der Waals surface area contributed by atoms with E-state index in [1.54, 1.807) is 12.1 Å². The summed E-state index contributed by atoms with van der Waals surface area (Å²) in [5.41, 5.74) is 9.95. The number of fused-ring (bicyclic) bond motifs is 1. The highest BCUT2D eigenvalue weighted by molar-refractivity contribution is 6.19. The van der Waals surface area contributed by atoms with E-state index in [2.05, 4.69) is 11.4 Å². The van der Waals surface area contributed by atoms with Gasteiger partial charge < -0.3 is 11.1 Å². The Kier molecular flexibility index (Phi) is 5.89. The average Bonchev–Trinajstić information content (AvgIpc) is 3.05. The Morgan fingerprint density at radius 3 is 2.34 bits per heavy atom. The molecule has 2 aliphatic rings. The number of nitrogens with zero attached hydrogens (tertiary/aromatic N) is 3. The lowest BCUT2D eigenvalue weighted by molar-refractivity contribution is -0.121. The number of nitrogens with two attached hydrogens (primary N) is 1. The highest BCUT2D eigenvalue weighted by atomic mass is 16.2.